The minimum absolute atomic E-state index is 0.0933. The third-order valence-electron chi connectivity index (χ3n) is 2.69. The molecule has 1 aromatic carbocycles. The molecule has 21 heavy (non-hydrogen) atoms. The third kappa shape index (κ3) is 3.55. The summed E-state index contributed by atoms with van der Waals surface area (Å²) in [5.41, 5.74) is 1.58. The molecule has 0 fully saturated rings. The SMILES string of the molecule is COC(=O)c1cc(C)ccc1NC(=O)c1ccc(Cl)nn1. The Bertz CT molecular complexity index is 686. The van der Waals surface area contributed by atoms with E-state index in [0.29, 0.717) is 5.69 Å². The number of methoxy groups -OCH3 is 1. The predicted octanol–water partition coefficient (Wildman–Crippen LogP) is 2.48. The van der Waals surface area contributed by atoms with Crippen molar-refractivity contribution >= 4 is 29.2 Å². The Hall–Kier alpha value is -2.47. The van der Waals surface area contributed by atoms with Gasteiger partial charge in [0.1, 0.15) is 0 Å². The van der Waals surface area contributed by atoms with Gasteiger partial charge in [-0.3, -0.25) is 4.79 Å². The molecule has 0 aliphatic carbocycles. The predicted molar refractivity (Wildman–Crippen MR) is 77.5 cm³/mol. The van der Waals surface area contributed by atoms with Gasteiger partial charge in [-0.2, -0.15) is 0 Å². The van der Waals surface area contributed by atoms with Crippen LogP contribution >= 0.6 is 11.6 Å². The van der Waals surface area contributed by atoms with Crippen molar-refractivity contribution in [2.24, 2.45) is 0 Å². The van der Waals surface area contributed by atoms with Crippen LogP contribution in [-0.2, 0) is 4.74 Å². The molecule has 0 unspecified atom stereocenters. The fourth-order valence-corrected chi connectivity index (χ4v) is 1.77. The molecule has 0 bridgehead atoms. The lowest BCUT2D eigenvalue weighted by Gasteiger charge is -2.10. The van der Waals surface area contributed by atoms with Gasteiger partial charge in [0.2, 0.25) is 0 Å². The van der Waals surface area contributed by atoms with E-state index in [4.69, 9.17) is 16.3 Å². The van der Waals surface area contributed by atoms with E-state index in [1.54, 1.807) is 18.2 Å². The second-order valence-electron chi connectivity index (χ2n) is 4.24. The van der Waals surface area contributed by atoms with Crippen LogP contribution in [0.2, 0.25) is 5.15 Å². The summed E-state index contributed by atoms with van der Waals surface area (Å²) in [6, 6.07) is 7.93. The molecule has 0 saturated heterocycles. The van der Waals surface area contributed by atoms with Crippen LogP contribution < -0.4 is 5.32 Å². The molecule has 6 nitrogen and oxygen atoms in total. The number of halogens is 1. The molecular weight excluding hydrogens is 294 g/mol. The number of carbonyl (C=O) groups is 2. The van der Waals surface area contributed by atoms with Crippen LogP contribution in [0.5, 0.6) is 0 Å². The number of benzene rings is 1. The van der Waals surface area contributed by atoms with E-state index in [1.807, 2.05) is 6.92 Å². The Kier molecular flexibility index (Phi) is 4.49. The van der Waals surface area contributed by atoms with E-state index in [-0.39, 0.29) is 16.4 Å². The van der Waals surface area contributed by atoms with Gasteiger partial charge < -0.3 is 10.1 Å². The molecule has 7 heteroatoms. The molecule has 0 radical (unpaired) electrons. The van der Waals surface area contributed by atoms with Gasteiger partial charge in [-0.25, -0.2) is 4.79 Å². The second-order valence-corrected chi connectivity index (χ2v) is 4.62. The Morgan fingerprint density at radius 2 is 1.95 bits per heavy atom. The van der Waals surface area contributed by atoms with Crippen molar-refractivity contribution in [2.75, 3.05) is 12.4 Å². The summed E-state index contributed by atoms with van der Waals surface area (Å²) in [5, 5.41) is 10.1. The van der Waals surface area contributed by atoms with Crippen LogP contribution in [0.15, 0.2) is 30.3 Å². The minimum Gasteiger partial charge on any atom is -0.465 e. The lowest BCUT2D eigenvalue weighted by Crippen LogP contribution is -2.17. The summed E-state index contributed by atoms with van der Waals surface area (Å²) in [7, 11) is 1.28. The largest absolute Gasteiger partial charge is 0.465 e. The lowest BCUT2D eigenvalue weighted by molar-refractivity contribution is 0.0602. The highest BCUT2D eigenvalue weighted by molar-refractivity contribution is 6.29. The number of esters is 1. The van der Waals surface area contributed by atoms with Gasteiger partial charge in [-0.15, -0.1) is 10.2 Å². The lowest BCUT2D eigenvalue weighted by atomic mass is 10.1. The van der Waals surface area contributed by atoms with E-state index in [0.717, 1.165) is 5.56 Å². The Morgan fingerprint density at radius 3 is 2.57 bits per heavy atom. The van der Waals surface area contributed by atoms with Gasteiger partial charge in [0.15, 0.2) is 10.8 Å². The molecule has 2 aromatic rings. The van der Waals surface area contributed by atoms with Gasteiger partial charge >= 0.3 is 5.97 Å². The number of nitrogens with zero attached hydrogens (tertiary/aromatic N) is 2. The molecule has 0 aliphatic rings. The first-order chi connectivity index (χ1) is 10.0. The van der Waals surface area contributed by atoms with Crippen molar-refractivity contribution in [2.45, 2.75) is 6.92 Å². The van der Waals surface area contributed by atoms with Crippen molar-refractivity contribution in [3.63, 3.8) is 0 Å². The molecule has 0 saturated carbocycles. The van der Waals surface area contributed by atoms with Gasteiger partial charge in [-0.1, -0.05) is 23.2 Å². The molecule has 1 N–H and O–H groups in total. The van der Waals surface area contributed by atoms with E-state index in [9.17, 15) is 9.59 Å². The standard InChI is InChI=1S/C14H12ClN3O3/c1-8-3-4-10(9(7-8)14(20)21-2)16-13(19)11-5-6-12(15)18-17-11/h3-7H,1-2H3,(H,16,19). The maximum atomic E-state index is 12.1. The first-order valence-corrected chi connectivity index (χ1v) is 6.38. The first-order valence-electron chi connectivity index (χ1n) is 6.01. The first kappa shape index (κ1) is 14.9. The van der Waals surface area contributed by atoms with E-state index in [2.05, 4.69) is 15.5 Å². The van der Waals surface area contributed by atoms with Gasteiger partial charge in [-0.05, 0) is 31.2 Å². The van der Waals surface area contributed by atoms with Gasteiger partial charge in [0.25, 0.3) is 5.91 Å². The van der Waals surface area contributed by atoms with E-state index >= 15 is 0 Å². The molecule has 0 spiro atoms. The van der Waals surface area contributed by atoms with Crippen molar-refractivity contribution in [3.05, 3.63) is 52.3 Å². The molecule has 0 aliphatic heterocycles. The van der Waals surface area contributed by atoms with Crippen LogP contribution in [0, 0.1) is 6.92 Å². The zero-order valence-corrected chi connectivity index (χ0v) is 12.1. The quantitative estimate of drug-likeness (QED) is 0.881. The van der Waals surface area contributed by atoms with Crippen LogP contribution in [0.25, 0.3) is 0 Å². The van der Waals surface area contributed by atoms with Crippen LogP contribution in [-0.4, -0.2) is 29.2 Å². The smallest absolute Gasteiger partial charge is 0.339 e. The summed E-state index contributed by atoms with van der Waals surface area (Å²) in [6.07, 6.45) is 0. The molecule has 1 heterocycles. The van der Waals surface area contributed by atoms with E-state index < -0.39 is 11.9 Å². The number of anilines is 1. The molecular formula is C14H12ClN3O3. The average molecular weight is 306 g/mol. The molecule has 108 valence electrons. The number of carbonyl (C=O) groups excluding carboxylic acids is 2. The summed E-state index contributed by atoms with van der Waals surface area (Å²) in [5.74, 6) is -1.02. The average Bonchev–Trinajstić information content (AvgIpc) is 2.48. The zero-order valence-electron chi connectivity index (χ0n) is 11.4. The number of nitrogens with one attached hydrogen (secondary N) is 1. The number of amides is 1. The number of rotatable bonds is 3. The third-order valence-corrected chi connectivity index (χ3v) is 2.89. The second kappa shape index (κ2) is 6.32. The van der Waals surface area contributed by atoms with Crippen molar-refractivity contribution in [1.82, 2.24) is 10.2 Å². The number of ether oxygens (including phenoxy) is 1. The van der Waals surface area contributed by atoms with Crippen LogP contribution in [0.1, 0.15) is 26.4 Å². The Labute approximate surface area is 126 Å². The Balaban J connectivity index is 2.28. The molecule has 1 amide bonds. The number of aromatic nitrogens is 2. The fourth-order valence-electron chi connectivity index (χ4n) is 1.67. The maximum Gasteiger partial charge on any atom is 0.339 e. The van der Waals surface area contributed by atoms with Crippen molar-refractivity contribution in [3.8, 4) is 0 Å². The monoisotopic (exact) mass is 305 g/mol. The van der Waals surface area contributed by atoms with Gasteiger partial charge in [0, 0.05) is 0 Å². The molecule has 0 atom stereocenters. The highest BCUT2D eigenvalue weighted by Gasteiger charge is 2.16. The van der Waals surface area contributed by atoms with Crippen LogP contribution in [0.4, 0.5) is 5.69 Å². The zero-order chi connectivity index (χ0) is 15.4. The van der Waals surface area contributed by atoms with Crippen LogP contribution in [0.3, 0.4) is 0 Å². The minimum atomic E-state index is -0.531. The number of hydrogen-bond donors (Lipinski definition) is 1. The summed E-state index contributed by atoms with van der Waals surface area (Å²) < 4.78 is 4.70. The maximum absolute atomic E-state index is 12.1. The summed E-state index contributed by atoms with van der Waals surface area (Å²) >= 11 is 5.61. The van der Waals surface area contributed by atoms with Crippen molar-refractivity contribution < 1.29 is 14.3 Å². The summed E-state index contributed by atoms with van der Waals surface area (Å²) in [4.78, 5) is 23.8. The fraction of sp³-hybridized carbons (Fsp3) is 0.143. The number of aryl methyl sites for hydroxylation is 1. The highest BCUT2D eigenvalue weighted by atomic mass is 35.5. The topological polar surface area (TPSA) is 81.2 Å². The van der Waals surface area contributed by atoms with E-state index in [1.165, 1.54) is 19.2 Å². The Morgan fingerprint density at radius 1 is 1.19 bits per heavy atom. The van der Waals surface area contributed by atoms with Gasteiger partial charge in [0.05, 0.1) is 18.4 Å². The highest BCUT2D eigenvalue weighted by Crippen LogP contribution is 2.19. The summed E-state index contributed by atoms with van der Waals surface area (Å²) in [6.45, 7) is 1.84. The molecule has 1 aromatic heterocycles. The number of hydrogen-bond acceptors (Lipinski definition) is 5. The molecule has 2 rings (SSSR count). The normalized spacial score (nSPS) is 10.0. The van der Waals surface area contributed by atoms with Crippen molar-refractivity contribution in [1.29, 1.82) is 0 Å².